The molecule has 20 heavy (non-hydrogen) atoms. The molecule has 0 fully saturated rings. The van der Waals surface area contributed by atoms with Crippen LogP contribution in [0.5, 0.6) is 5.75 Å². The van der Waals surface area contributed by atoms with Crippen LogP contribution in [-0.4, -0.2) is 12.9 Å². The quantitative estimate of drug-likeness (QED) is 0.737. The Morgan fingerprint density at radius 3 is 2.25 bits per heavy atom. The Balaban J connectivity index is 2.52. The first-order chi connectivity index (χ1) is 9.43. The van der Waals surface area contributed by atoms with E-state index in [-0.39, 0.29) is 26.9 Å². The lowest BCUT2D eigenvalue weighted by Gasteiger charge is -2.08. The first kappa shape index (κ1) is 15.1. The minimum Gasteiger partial charge on any atom is -0.494 e. The van der Waals surface area contributed by atoms with Crippen LogP contribution in [0.1, 0.15) is 15.9 Å². The molecule has 2 aromatic carbocycles. The summed E-state index contributed by atoms with van der Waals surface area (Å²) in [4.78, 5) is 12.4. The van der Waals surface area contributed by atoms with Gasteiger partial charge in [-0.2, -0.15) is 0 Å². The maximum atomic E-state index is 13.3. The van der Waals surface area contributed by atoms with Gasteiger partial charge in [-0.05, 0) is 30.3 Å². The Kier molecular flexibility index (Phi) is 4.53. The predicted molar refractivity (Wildman–Crippen MR) is 77.9 cm³/mol. The number of ketones is 1. The van der Waals surface area contributed by atoms with E-state index < -0.39 is 11.6 Å². The van der Waals surface area contributed by atoms with Gasteiger partial charge in [-0.15, -0.1) is 0 Å². The highest BCUT2D eigenvalue weighted by molar-refractivity contribution is 6.43. The number of carbonyl (C=O) groups is 1. The molecule has 104 valence electrons. The maximum Gasteiger partial charge on any atom is 0.196 e. The van der Waals surface area contributed by atoms with Crippen LogP contribution in [0, 0.1) is 5.82 Å². The fourth-order valence-electron chi connectivity index (χ4n) is 1.70. The third-order valence-electron chi connectivity index (χ3n) is 2.65. The molecule has 0 unspecified atom stereocenters. The molecular formula is C14H8Cl3FO2. The van der Waals surface area contributed by atoms with E-state index in [1.54, 1.807) is 0 Å². The summed E-state index contributed by atoms with van der Waals surface area (Å²) in [6.45, 7) is 0. The minimum absolute atomic E-state index is 0.0305. The van der Waals surface area contributed by atoms with Crippen molar-refractivity contribution in [3.63, 3.8) is 0 Å². The average Bonchev–Trinajstić information content (AvgIpc) is 2.37. The van der Waals surface area contributed by atoms with Crippen LogP contribution in [0.25, 0.3) is 0 Å². The number of ether oxygens (including phenoxy) is 1. The molecule has 0 saturated carbocycles. The Morgan fingerprint density at radius 2 is 1.70 bits per heavy atom. The smallest absolute Gasteiger partial charge is 0.196 e. The van der Waals surface area contributed by atoms with Crippen molar-refractivity contribution in [2.45, 2.75) is 0 Å². The third-order valence-corrected chi connectivity index (χ3v) is 3.46. The summed E-state index contributed by atoms with van der Waals surface area (Å²) < 4.78 is 18.2. The standard InChI is InChI=1S/C14H8Cl3FO2/c1-20-12-4-7(2-3-11(12)18)14(19)13-9(16)5-8(15)6-10(13)17/h2-6H,1H3. The number of halogens is 4. The molecule has 0 aliphatic heterocycles. The Labute approximate surface area is 130 Å². The van der Waals surface area contributed by atoms with E-state index in [0.717, 1.165) is 6.07 Å². The lowest BCUT2D eigenvalue weighted by molar-refractivity contribution is 0.103. The summed E-state index contributed by atoms with van der Waals surface area (Å²) in [6.07, 6.45) is 0. The van der Waals surface area contributed by atoms with Crippen LogP contribution in [-0.2, 0) is 0 Å². The molecule has 0 amide bonds. The van der Waals surface area contributed by atoms with Gasteiger partial charge < -0.3 is 4.74 Å². The molecule has 0 aliphatic carbocycles. The molecule has 2 rings (SSSR count). The van der Waals surface area contributed by atoms with Gasteiger partial charge in [-0.25, -0.2) is 4.39 Å². The Morgan fingerprint density at radius 1 is 1.10 bits per heavy atom. The van der Waals surface area contributed by atoms with Crippen molar-refractivity contribution >= 4 is 40.6 Å². The first-order valence-corrected chi connectivity index (χ1v) is 6.60. The molecule has 0 aromatic heterocycles. The van der Waals surface area contributed by atoms with E-state index in [2.05, 4.69) is 0 Å². The summed E-state index contributed by atoms with van der Waals surface area (Å²) in [5.41, 5.74) is 0.334. The highest BCUT2D eigenvalue weighted by Gasteiger charge is 2.19. The highest BCUT2D eigenvalue weighted by atomic mass is 35.5. The summed E-state index contributed by atoms with van der Waals surface area (Å²) in [7, 11) is 1.31. The fourth-order valence-corrected chi connectivity index (χ4v) is 2.69. The van der Waals surface area contributed by atoms with E-state index in [4.69, 9.17) is 39.5 Å². The highest BCUT2D eigenvalue weighted by Crippen LogP contribution is 2.31. The van der Waals surface area contributed by atoms with Crippen LogP contribution >= 0.6 is 34.8 Å². The predicted octanol–water partition coefficient (Wildman–Crippen LogP) is 5.03. The van der Waals surface area contributed by atoms with Crippen molar-refractivity contribution in [3.05, 3.63) is 62.3 Å². The van der Waals surface area contributed by atoms with Crippen LogP contribution in [0.15, 0.2) is 30.3 Å². The van der Waals surface area contributed by atoms with Crippen LogP contribution < -0.4 is 4.74 Å². The molecule has 6 heteroatoms. The van der Waals surface area contributed by atoms with E-state index in [1.807, 2.05) is 0 Å². The summed E-state index contributed by atoms with van der Waals surface area (Å²) in [6, 6.07) is 6.61. The van der Waals surface area contributed by atoms with Crippen molar-refractivity contribution < 1.29 is 13.9 Å². The second kappa shape index (κ2) is 6.00. The Hall–Kier alpha value is -1.29. The molecule has 0 spiro atoms. The normalized spacial score (nSPS) is 10.4. The average molecular weight is 334 g/mol. The van der Waals surface area contributed by atoms with Gasteiger partial charge in [0.15, 0.2) is 17.3 Å². The second-order valence-corrected chi connectivity index (χ2v) is 5.17. The van der Waals surface area contributed by atoms with Crippen molar-refractivity contribution in [2.75, 3.05) is 7.11 Å². The van der Waals surface area contributed by atoms with Gasteiger partial charge in [0, 0.05) is 10.6 Å². The molecule has 0 saturated heterocycles. The molecule has 0 N–H and O–H groups in total. The monoisotopic (exact) mass is 332 g/mol. The topological polar surface area (TPSA) is 26.3 Å². The SMILES string of the molecule is COc1cc(C(=O)c2c(Cl)cc(Cl)cc2Cl)ccc1F. The summed E-state index contributed by atoms with van der Waals surface area (Å²) in [5.74, 6) is -1.02. The molecule has 0 heterocycles. The van der Waals surface area contributed by atoms with Crippen LogP contribution in [0.3, 0.4) is 0 Å². The van der Waals surface area contributed by atoms with Gasteiger partial charge in [0.1, 0.15) is 0 Å². The van der Waals surface area contributed by atoms with Gasteiger partial charge in [0.2, 0.25) is 0 Å². The zero-order valence-corrected chi connectivity index (χ0v) is 12.5. The summed E-state index contributed by atoms with van der Waals surface area (Å²) in [5, 5.41) is 0.597. The van der Waals surface area contributed by atoms with Crippen molar-refractivity contribution in [1.29, 1.82) is 0 Å². The van der Waals surface area contributed by atoms with Crippen molar-refractivity contribution in [2.24, 2.45) is 0 Å². The van der Waals surface area contributed by atoms with Gasteiger partial charge in [0.05, 0.1) is 22.7 Å². The number of benzene rings is 2. The minimum atomic E-state index is -0.558. The number of hydrogen-bond donors (Lipinski definition) is 0. The maximum absolute atomic E-state index is 13.3. The number of rotatable bonds is 3. The molecule has 2 aromatic rings. The second-order valence-electron chi connectivity index (χ2n) is 3.92. The number of methoxy groups -OCH3 is 1. The lowest BCUT2D eigenvalue weighted by Crippen LogP contribution is -2.04. The number of hydrogen-bond acceptors (Lipinski definition) is 2. The van der Waals surface area contributed by atoms with E-state index >= 15 is 0 Å². The van der Waals surface area contributed by atoms with E-state index in [0.29, 0.717) is 5.02 Å². The zero-order chi connectivity index (χ0) is 14.9. The van der Waals surface area contributed by atoms with Gasteiger partial charge in [0.25, 0.3) is 0 Å². The number of carbonyl (C=O) groups excluding carboxylic acids is 1. The molecule has 2 nitrogen and oxygen atoms in total. The van der Waals surface area contributed by atoms with E-state index in [1.165, 1.54) is 31.4 Å². The molecular weight excluding hydrogens is 326 g/mol. The first-order valence-electron chi connectivity index (χ1n) is 5.47. The van der Waals surface area contributed by atoms with Gasteiger partial charge >= 0.3 is 0 Å². The van der Waals surface area contributed by atoms with Gasteiger partial charge in [-0.3, -0.25) is 4.79 Å². The fraction of sp³-hybridized carbons (Fsp3) is 0.0714. The zero-order valence-electron chi connectivity index (χ0n) is 10.2. The molecule has 0 aliphatic rings. The van der Waals surface area contributed by atoms with Crippen molar-refractivity contribution in [3.8, 4) is 5.75 Å². The van der Waals surface area contributed by atoms with Gasteiger partial charge in [-0.1, -0.05) is 34.8 Å². The lowest BCUT2D eigenvalue weighted by atomic mass is 10.0. The molecule has 0 atom stereocenters. The van der Waals surface area contributed by atoms with Crippen LogP contribution in [0.2, 0.25) is 15.1 Å². The molecule has 0 radical (unpaired) electrons. The largest absolute Gasteiger partial charge is 0.494 e. The van der Waals surface area contributed by atoms with E-state index in [9.17, 15) is 9.18 Å². The summed E-state index contributed by atoms with van der Waals surface area (Å²) >= 11 is 17.8. The van der Waals surface area contributed by atoms with Crippen LogP contribution in [0.4, 0.5) is 4.39 Å². The molecule has 0 bridgehead atoms. The van der Waals surface area contributed by atoms with Crippen molar-refractivity contribution in [1.82, 2.24) is 0 Å². The Bertz CT molecular complexity index is 663. The third kappa shape index (κ3) is 2.90.